The summed E-state index contributed by atoms with van der Waals surface area (Å²) in [6.45, 7) is 2.00. The number of nitrogens with zero attached hydrogens (tertiary/aromatic N) is 1. The van der Waals surface area contributed by atoms with Gasteiger partial charge in [0, 0.05) is 12.1 Å². The van der Waals surface area contributed by atoms with Crippen molar-refractivity contribution in [2.24, 2.45) is 5.73 Å². The van der Waals surface area contributed by atoms with Gasteiger partial charge in [-0.15, -0.1) is 0 Å². The van der Waals surface area contributed by atoms with Crippen molar-refractivity contribution < 1.29 is 9.66 Å². The van der Waals surface area contributed by atoms with Crippen molar-refractivity contribution in [3.8, 4) is 11.5 Å². The number of hydrogen-bond acceptors (Lipinski definition) is 4. The number of benzene rings is 2. The molecular formula is C15H15ClN2O3. The molecule has 0 fully saturated rings. The molecule has 0 amide bonds. The Morgan fingerprint density at radius 2 is 1.95 bits per heavy atom. The van der Waals surface area contributed by atoms with E-state index in [2.05, 4.69) is 0 Å². The fourth-order valence-electron chi connectivity index (χ4n) is 1.88. The highest BCUT2D eigenvalue weighted by atomic mass is 35.5. The minimum absolute atomic E-state index is 0.0336. The second-order valence-corrected chi connectivity index (χ2v) is 4.94. The van der Waals surface area contributed by atoms with Crippen LogP contribution in [0.4, 0.5) is 5.69 Å². The molecule has 1 atom stereocenters. The van der Waals surface area contributed by atoms with E-state index in [1.54, 1.807) is 18.2 Å². The molecular weight excluding hydrogens is 292 g/mol. The van der Waals surface area contributed by atoms with Crippen LogP contribution in [0.5, 0.6) is 11.5 Å². The number of halogens is 1. The van der Waals surface area contributed by atoms with Gasteiger partial charge in [0.15, 0.2) is 0 Å². The molecule has 0 spiro atoms. The van der Waals surface area contributed by atoms with Gasteiger partial charge >= 0.3 is 5.69 Å². The largest absolute Gasteiger partial charge is 0.449 e. The number of hydrogen-bond donors (Lipinski definition) is 1. The monoisotopic (exact) mass is 306 g/mol. The van der Waals surface area contributed by atoms with Crippen molar-refractivity contribution in [2.45, 2.75) is 19.4 Å². The average molecular weight is 307 g/mol. The molecule has 2 aromatic rings. The molecule has 5 nitrogen and oxygen atoms in total. The number of nitro groups is 1. The zero-order valence-corrected chi connectivity index (χ0v) is 12.2. The maximum absolute atomic E-state index is 11.0. The van der Waals surface area contributed by atoms with Gasteiger partial charge in [0.25, 0.3) is 0 Å². The van der Waals surface area contributed by atoms with E-state index in [-0.39, 0.29) is 22.5 Å². The molecule has 0 saturated carbocycles. The van der Waals surface area contributed by atoms with Crippen LogP contribution in [0, 0.1) is 10.1 Å². The molecule has 0 heterocycles. The first kappa shape index (κ1) is 15.3. The lowest BCUT2D eigenvalue weighted by Crippen LogP contribution is -2.08. The van der Waals surface area contributed by atoms with Crippen LogP contribution in [-0.2, 0) is 0 Å². The minimum atomic E-state index is -0.525. The molecule has 110 valence electrons. The van der Waals surface area contributed by atoms with Crippen LogP contribution >= 0.6 is 11.6 Å². The summed E-state index contributed by atoms with van der Waals surface area (Å²) in [4.78, 5) is 10.5. The third kappa shape index (κ3) is 3.51. The summed E-state index contributed by atoms with van der Waals surface area (Å²) >= 11 is 5.98. The summed E-state index contributed by atoms with van der Waals surface area (Å²) in [6.07, 6.45) is 0.830. The number of nitrogens with two attached hydrogens (primary N) is 1. The van der Waals surface area contributed by atoms with E-state index in [4.69, 9.17) is 22.1 Å². The summed E-state index contributed by atoms with van der Waals surface area (Å²) in [7, 11) is 0. The molecule has 0 radical (unpaired) electrons. The van der Waals surface area contributed by atoms with Crippen molar-refractivity contribution in [3.05, 3.63) is 63.2 Å². The Kier molecular flexibility index (Phi) is 4.77. The van der Waals surface area contributed by atoms with Gasteiger partial charge in [-0.3, -0.25) is 10.1 Å². The Morgan fingerprint density at radius 1 is 1.29 bits per heavy atom. The number of rotatable bonds is 5. The van der Waals surface area contributed by atoms with Gasteiger partial charge in [-0.05, 0) is 30.2 Å². The maximum atomic E-state index is 11.0. The van der Waals surface area contributed by atoms with E-state index in [0.717, 1.165) is 12.0 Å². The molecule has 2 N–H and O–H groups in total. The van der Waals surface area contributed by atoms with Crippen LogP contribution in [-0.4, -0.2) is 4.92 Å². The Labute approximate surface area is 127 Å². The van der Waals surface area contributed by atoms with Crippen molar-refractivity contribution in [1.82, 2.24) is 0 Å². The molecule has 0 aliphatic carbocycles. The molecule has 0 aliphatic rings. The SMILES string of the molecule is CCC(N)c1ccc(Oc2c(Cl)cccc2[N+](=O)[O-])cc1. The number of ether oxygens (including phenoxy) is 1. The summed E-state index contributed by atoms with van der Waals surface area (Å²) in [6, 6.07) is 11.5. The maximum Gasteiger partial charge on any atom is 0.313 e. The smallest absolute Gasteiger partial charge is 0.313 e. The second-order valence-electron chi connectivity index (χ2n) is 4.53. The highest BCUT2D eigenvalue weighted by Crippen LogP contribution is 2.37. The van der Waals surface area contributed by atoms with E-state index >= 15 is 0 Å². The van der Waals surface area contributed by atoms with Gasteiger partial charge in [-0.1, -0.05) is 36.7 Å². The highest BCUT2D eigenvalue weighted by Gasteiger charge is 2.19. The number of nitro benzene ring substituents is 1. The van der Waals surface area contributed by atoms with Crippen LogP contribution in [0.2, 0.25) is 5.02 Å². The predicted octanol–water partition coefficient (Wildman–Crippen LogP) is 4.45. The Morgan fingerprint density at radius 3 is 2.52 bits per heavy atom. The van der Waals surface area contributed by atoms with Crippen molar-refractivity contribution >= 4 is 17.3 Å². The molecule has 0 saturated heterocycles. The first-order valence-corrected chi connectivity index (χ1v) is 6.87. The zero-order valence-electron chi connectivity index (χ0n) is 11.5. The third-order valence-electron chi connectivity index (χ3n) is 3.11. The van der Waals surface area contributed by atoms with Crippen LogP contribution in [0.1, 0.15) is 24.9 Å². The van der Waals surface area contributed by atoms with Crippen LogP contribution in [0.25, 0.3) is 0 Å². The van der Waals surface area contributed by atoms with Crippen LogP contribution < -0.4 is 10.5 Å². The summed E-state index contributed by atoms with van der Waals surface area (Å²) in [5.74, 6) is 0.509. The first-order valence-electron chi connectivity index (χ1n) is 6.49. The Bertz CT molecular complexity index is 644. The topological polar surface area (TPSA) is 78.4 Å². The standard InChI is InChI=1S/C15H15ClN2O3/c1-2-13(17)10-6-8-11(9-7-10)21-15-12(16)4-3-5-14(15)18(19)20/h3-9,13H,2,17H2,1H3. The zero-order chi connectivity index (χ0) is 15.4. The van der Waals surface area contributed by atoms with Crippen LogP contribution in [0.3, 0.4) is 0 Å². The van der Waals surface area contributed by atoms with Gasteiger partial charge in [0.05, 0.1) is 9.95 Å². The summed E-state index contributed by atoms with van der Waals surface area (Å²) < 4.78 is 5.56. The summed E-state index contributed by atoms with van der Waals surface area (Å²) in [5.41, 5.74) is 6.75. The second kappa shape index (κ2) is 6.56. The third-order valence-corrected chi connectivity index (χ3v) is 3.41. The van der Waals surface area contributed by atoms with E-state index in [1.807, 2.05) is 19.1 Å². The molecule has 0 bridgehead atoms. The quantitative estimate of drug-likeness (QED) is 0.654. The number of para-hydroxylation sites is 1. The Balaban J connectivity index is 2.28. The van der Waals surface area contributed by atoms with Gasteiger partial charge in [-0.25, -0.2) is 0 Å². The fourth-order valence-corrected chi connectivity index (χ4v) is 2.09. The molecule has 2 rings (SSSR count). The minimum Gasteiger partial charge on any atom is -0.449 e. The molecule has 2 aromatic carbocycles. The lowest BCUT2D eigenvalue weighted by Gasteiger charge is -2.11. The predicted molar refractivity (Wildman–Crippen MR) is 81.8 cm³/mol. The van der Waals surface area contributed by atoms with Gasteiger partial charge < -0.3 is 10.5 Å². The van der Waals surface area contributed by atoms with E-state index < -0.39 is 4.92 Å². The van der Waals surface area contributed by atoms with E-state index in [9.17, 15) is 10.1 Å². The molecule has 0 aromatic heterocycles. The lowest BCUT2D eigenvalue weighted by atomic mass is 10.1. The Hall–Kier alpha value is -2.11. The fraction of sp³-hybridized carbons (Fsp3) is 0.200. The van der Waals surface area contributed by atoms with E-state index in [1.165, 1.54) is 12.1 Å². The van der Waals surface area contributed by atoms with Gasteiger partial charge in [-0.2, -0.15) is 0 Å². The first-order chi connectivity index (χ1) is 10.0. The molecule has 21 heavy (non-hydrogen) atoms. The van der Waals surface area contributed by atoms with Crippen molar-refractivity contribution in [1.29, 1.82) is 0 Å². The molecule has 1 unspecified atom stereocenters. The molecule has 6 heteroatoms. The normalized spacial score (nSPS) is 12.0. The van der Waals surface area contributed by atoms with Crippen molar-refractivity contribution in [2.75, 3.05) is 0 Å². The highest BCUT2D eigenvalue weighted by molar-refractivity contribution is 6.32. The average Bonchev–Trinajstić information content (AvgIpc) is 2.49. The summed E-state index contributed by atoms with van der Waals surface area (Å²) in [5, 5.41) is 11.2. The lowest BCUT2D eigenvalue weighted by molar-refractivity contribution is -0.385. The van der Waals surface area contributed by atoms with Gasteiger partial charge in [0.2, 0.25) is 5.75 Å². The van der Waals surface area contributed by atoms with Crippen LogP contribution in [0.15, 0.2) is 42.5 Å². The van der Waals surface area contributed by atoms with E-state index in [0.29, 0.717) is 5.75 Å². The molecule has 0 aliphatic heterocycles. The van der Waals surface area contributed by atoms with Crippen molar-refractivity contribution in [3.63, 3.8) is 0 Å². The van der Waals surface area contributed by atoms with Gasteiger partial charge in [0.1, 0.15) is 5.75 Å².